The number of carbonyl (C=O) groups excluding carboxylic acids is 4. The number of hydrogen-bond donors (Lipinski definition) is 0. The van der Waals surface area contributed by atoms with Crippen LogP contribution < -0.4 is 0 Å². The summed E-state index contributed by atoms with van der Waals surface area (Å²) < 4.78 is 37.5. The highest BCUT2D eigenvalue weighted by Crippen LogP contribution is 2.13. The number of esters is 4. The lowest BCUT2D eigenvalue weighted by Crippen LogP contribution is -2.05. The summed E-state index contributed by atoms with van der Waals surface area (Å²) >= 11 is 0. The standard InChI is InChI=1S/2C10H8.4C5H8O3/c2*1-2-6-10-8-4-3-7-9(10)5-1;4*1-4(6)7-2-5-3-8-5/h2*1-8H;4*5H,2-3H2,1H3. The lowest BCUT2D eigenvalue weighted by molar-refractivity contribution is -0.142. The minimum Gasteiger partial charge on any atom is -0.463 e. The van der Waals surface area contributed by atoms with Gasteiger partial charge in [-0.1, -0.05) is 97.1 Å². The van der Waals surface area contributed by atoms with E-state index in [-0.39, 0.29) is 48.3 Å². The summed E-state index contributed by atoms with van der Waals surface area (Å²) in [5, 5.41) is 5.24. The predicted molar refractivity (Wildman–Crippen MR) is 193 cm³/mol. The van der Waals surface area contributed by atoms with Gasteiger partial charge in [0, 0.05) is 27.7 Å². The SMILES string of the molecule is CC(=O)OCC1CO1.CC(=O)OCC1CO1.CC(=O)OCC1CO1.CC(=O)OCC1CO1.c1ccc2ccccc2c1.c1ccc2ccccc2c1. The highest BCUT2D eigenvalue weighted by molar-refractivity contribution is 5.82. The quantitative estimate of drug-likeness (QED) is 0.129. The van der Waals surface area contributed by atoms with E-state index in [2.05, 4.69) is 116 Å². The van der Waals surface area contributed by atoms with Gasteiger partial charge in [0.2, 0.25) is 0 Å². The van der Waals surface area contributed by atoms with Crippen molar-refractivity contribution >= 4 is 45.4 Å². The van der Waals surface area contributed by atoms with E-state index in [1.807, 2.05) is 0 Å². The van der Waals surface area contributed by atoms with Crippen molar-refractivity contribution in [1.82, 2.24) is 0 Å². The third kappa shape index (κ3) is 22.0. The highest BCUT2D eigenvalue weighted by Gasteiger charge is 2.25. The number of fused-ring (bicyclic) bond motifs is 2. The Kier molecular flexibility index (Phi) is 18.8. The van der Waals surface area contributed by atoms with Crippen molar-refractivity contribution < 1.29 is 57.1 Å². The fourth-order valence-electron chi connectivity index (χ4n) is 3.76. The van der Waals surface area contributed by atoms with Gasteiger partial charge in [-0.25, -0.2) is 0 Å². The summed E-state index contributed by atoms with van der Waals surface area (Å²) in [4.78, 5) is 40.4. The second kappa shape index (κ2) is 23.6. The van der Waals surface area contributed by atoms with Crippen LogP contribution in [0.1, 0.15) is 27.7 Å². The van der Waals surface area contributed by atoms with Crippen LogP contribution in [0, 0.1) is 0 Å². The second-order valence-electron chi connectivity index (χ2n) is 11.7. The lowest BCUT2D eigenvalue weighted by atomic mass is 10.1. The molecule has 12 heteroatoms. The van der Waals surface area contributed by atoms with Crippen LogP contribution in [0.15, 0.2) is 97.1 Å². The first-order valence-electron chi connectivity index (χ1n) is 17.0. The van der Waals surface area contributed by atoms with Crippen LogP contribution in [0.3, 0.4) is 0 Å². The molecule has 0 aromatic heterocycles. The van der Waals surface area contributed by atoms with Gasteiger partial charge >= 0.3 is 23.9 Å². The van der Waals surface area contributed by atoms with Gasteiger partial charge < -0.3 is 37.9 Å². The Balaban J connectivity index is 0.000000169. The Bertz CT molecular complexity index is 1350. The van der Waals surface area contributed by atoms with Gasteiger partial charge in [0.15, 0.2) is 0 Å². The molecule has 4 aromatic carbocycles. The highest BCUT2D eigenvalue weighted by atomic mass is 16.6. The minimum atomic E-state index is -0.236. The molecule has 0 aliphatic carbocycles. The Morgan fingerprint density at radius 3 is 0.673 bits per heavy atom. The molecule has 280 valence electrons. The monoisotopic (exact) mass is 720 g/mol. The second-order valence-corrected chi connectivity index (χ2v) is 11.7. The van der Waals surface area contributed by atoms with Gasteiger partial charge in [0.1, 0.15) is 50.8 Å². The fraction of sp³-hybridized carbons (Fsp3) is 0.400. The molecular formula is C40H48O12. The Morgan fingerprint density at radius 1 is 0.404 bits per heavy atom. The number of rotatable bonds is 8. The zero-order valence-electron chi connectivity index (χ0n) is 30.1. The molecule has 4 atom stereocenters. The molecule has 0 radical (unpaired) electrons. The summed E-state index contributed by atoms with van der Waals surface area (Å²) in [6.45, 7) is 10.2. The molecule has 0 N–H and O–H groups in total. The van der Waals surface area contributed by atoms with E-state index in [1.54, 1.807) is 0 Å². The molecule has 8 rings (SSSR count). The lowest BCUT2D eigenvalue weighted by Gasteiger charge is -1.93. The molecule has 0 amide bonds. The van der Waals surface area contributed by atoms with E-state index < -0.39 is 0 Å². The van der Waals surface area contributed by atoms with Crippen molar-refractivity contribution in [3.05, 3.63) is 97.1 Å². The summed E-state index contributed by atoms with van der Waals surface area (Å²) in [5.74, 6) is -0.943. The molecule has 4 aliphatic rings. The average molecular weight is 721 g/mol. The van der Waals surface area contributed by atoms with Gasteiger partial charge in [0.25, 0.3) is 0 Å². The third-order valence-corrected chi connectivity index (χ3v) is 6.82. The normalized spacial score (nSPS) is 19.2. The van der Waals surface area contributed by atoms with Gasteiger partial charge in [-0.15, -0.1) is 0 Å². The molecule has 12 nitrogen and oxygen atoms in total. The zero-order chi connectivity index (χ0) is 37.6. The van der Waals surface area contributed by atoms with Crippen molar-refractivity contribution in [3.8, 4) is 0 Å². The summed E-state index contributed by atoms with van der Waals surface area (Å²) in [6, 6.07) is 33.4. The van der Waals surface area contributed by atoms with E-state index in [0.717, 1.165) is 26.4 Å². The smallest absolute Gasteiger partial charge is 0.302 e. The Morgan fingerprint density at radius 2 is 0.558 bits per heavy atom. The van der Waals surface area contributed by atoms with Crippen LogP contribution in [0.5, 0.6) is 0 Å². The molecule has 52 heavy (non-hydrogen) atoms. The van der Waals surface area contributed by atoms with Gasteiger partial charge in [-0.3, -0.25) is 19.2 Å². The van der Waals surface area contributed by atoms with Crippen LogP contribution in [-0.2, 0) is 57.1 Å². The van der Waals surface area contributed by atoms with Crippen molar-refractivity contribution in [1.29, 1.82) is 0 Å². The van der Waals surface area contributed by atoms with Gasteiger partial charge in [0.05, 0.1) is 26.4 Å². The molecule has 0 bridgehead atoms. The Labute approximate surface area is 304 Å². The summed E-state index contributed by atoms with van der Waals surface area (Å²) in [5.41, 5.74) is 0. The van der Waals surface area contributed by atoms with Crippen LogP contribution >= 0.6 is 0 Å². The molecule has 4 heterocycles. The molecule has 4 fully saturated rings. The van der Waals surface area contributed by atoms with Crippen molar-refractivity contribution in [3.63, 3.8) is 0 Å². The molecule has 0 saturated carbocycles. The van der Waals surface area contributed by atoms with Crippen LogP contribution in [0.2, 0.25) is 0 Å². The van der Waals surface area contributed by atoms with Crippen LogP contribution in [-0.4, -0.2) is 101 Å². The largest absolute Gasteiger partial charge is 0.463 e. The van der Waals surface area contributed by atoms with E-state index in [1.165, 1.54) is 49.2 Å². The Hall–Kier alpha value is -4.88. The molecule has 4 aliphatic heterocycles. The zero-order valence-corrected chi connectivity index (χ0v) is 30.1. The number of benzene rings is 4. The van der Waals surface area contributed by atoms with E-state index in [0.29, 0.717) is 26.4 Å². The first-order chi connectivity index (χ1) is 25.1. The fourth-order valence-corrected chi connectivity index (χ4v) is 3.76. The molecule has 4 unspecified atom stereocenters. The molecular weight excluding hydrogens is 672 g/mol. The summed E-state index contributed by atoms with van der Waals surface area (Å²) in [7, 11) is 0. The van der Waals surface area contributed by atoms with E-state index in [4.69, 9.17) is 18.9 Å². The number of hydrogen-bond acceptors (Lipinski definition) is 12. The first-order valence-corrected chi connectivity index (χ1v) is 17.0. The van der Waals surface area contributed by atoms with E-state index in [9.17, 15) is 19.2 Å². The number of ether oxygens (including phenoxy) is 8. The third-order valence-electron chi connectivity index (χ3n) is 6.82. The molecule has 4 saturated heterocycles. The molecule has 4 aromatic rings. The molecule has 0 spiro atoms. The minimum absolute atomic E-state index is 0.193. The van der Waals surface area contributed by atoms with Gasteiger partial charge in [-0.05, 0) is 21.5 Å². The van der Waals surface area contributed by atoms with Crippen molar-refractivity contribution in [2.75, 3.05) is 52.9 Å². The number of epoxide rings is 4. The van der Waals surface area contributed by atoms with E-state index >= 15 is 0 Å². The van der Waals surface area contributed by atoms with Gasteiger partial charge in [-0.2, -0.15) is 0 Å². The predicted octanol–water partition coefficient (Wildman–Crippen LogP) is 5.47. The maximum absolute atomic E-state index is 10.1. The average Bonchev–Trinajstić information content (AvgIpc) is 3.95. The van der Waals surface area contributed by atoms with Crippen molar-refractivity contribution in [2.45, 2.75) is 52.1 Å². The van der Waals surface area contributed by atoms with Crippen LogP contribution in [0.4, 0.5) is 0 Å². The van der Waals surface area contributed by atoms with Crippen LogP contribution in [0.25, 0.3) is 21.5 Å². The maximum Gasteiger partial charge on any atom is 0.302 e. The first kappa shape index (κ1) is 41.5. The van der Waals surface area contributed by atoms with Crippen molar-refractivity contribution in [2.24, 2.45) is 0 Å². The summed E-state index contributed by atoms with van der Waals surface area (Å²) in [6.07, 6.45) is 0.774. The maximum atomic E-state index is 10.1. The topological polar surface area (TPSA) is 155 Å². The number of carbonyl (C=O) groups is 4.